The van der Waals surface area contributed by atoms with Crippen LogP contribution in [0.1, 0.15) is 5.56 Å². The number of piperazine rings is 1. The van der Waals surface area contributed by atoms with Gasteiger partial charge in [-0.05, 0) is 23.1 Å². The van der Waals surface area contributed by atoms with Crippen LogP contribution in [0.2, 0.25) is 0 Å². The Morgan fingerprint density at radius 1 is 1.09 bits per heavy atom. The van der Waals surface area contributed by atoms with E-state index in [0.717, 1.165) is 19.5 Å². The predicted molar refractivity (Wildman–Crippen MR) is 94.1 cm³/mol. The highest BCUT2D eigenvalue weighted by molar-refractivity contribution is 5.83. The Morgan fingerprint density at radius 3 is 2.48 bits per heavy atom. The molecule has 118 valence electrons. The highest BCUT2D eigenvalue weighted by Crippen LogP contribution is 2.20. The molecule has 3 heteroatoms. The summed E-state index contributed by atoms with van der Waals surface area (Å²) < 4.78 is 0. The maximum atomic E-state index is 12.4. The van der Waals surface area contributed by atoms with Gasteiger partial charge in [0, 0.05) is 19.6 Å². The second kappa shape index (κ2) is 7.25. The highest BCUT2D eigenvalue weighted by atomic mass is 16.2. The van der Waals surface area contributed by atoms with Crippen molar-refractivity contribution in [3.8, 4) is 11.1 Å². The molecule has 3 nitrogen and oxygen atoms in total. The van der Waals surface area contributed by atoms with E-state index in [4.69, 9.17) is 0 Å². The van der Waals surface area contributed by atoms with Crippen LogP contribution in [0.3, 0.4) is 0 Å². The van der Waals surface area contributed by atoms with E-state index in [2.05, 4.69) is 48.3 Å². The molecule has 0 saturated carbocycles. The fourth-order valence-electron chi connectivity index (χ4n) is 2.99. The van der Waals surface area contributed by atoms with Gasteiger partial charge in [-0.3, -0.25) is 4.79 Å². The van der Waals surface area contributed by atoms with Crippen molar-refractivity contribution in [3.63, 3.8) is 0 Å². The first-order valence-electron chi connectivity index (χ1n) is 8.05. The predicted octanol–water partition coefficient (Wildman–Crippen LogP) is 2.88. The van der Waals surface area contributed by atoms with Gasteiger partial charge in [0.05, 0.1) is 6.04 Å². The van der Waals surface area contributed by atoms with Crippen molar-refractivity contribution >= 4 is 5.91 Å². The van der Waals surface area contributed by atoms with Crippen LogP contribution in [0.25, 0.3) is 11.1 Å². The monoisotopic (exact) mass is 306 g/mol. The van der Waals surface area contributed by atoms with Crippen molar-refractivity contribution in [2.75, 3.05) is 19.6 Å². The second-order valence-electron chi connectivity index (χ2n) is 5.85. The number of hydrogen-bond acceptors (Lipinski definition) is 2. The maximum Gasteiger partial charge on any atom is 0.240 e. The fraction of sp³-hybridized carbons (Fsp3) is 0.250. The van der Waals surface area contributed by atoms with Crippen molar-refractivity contribution in [3.05, 3.63) is 72.8 Å². The van der Waals surface area contributed by atoms with Gasteiger partial charge in [0.2, 0.25) is 5.91 Å². The quantitative estimate of drug-likeness (QED) is 0.862. The first-order valence-corrected chi connectivity index (χ1v) is 8.05. The highest BCUT2D eigenvalue weighted by Gasteiger charge is 2.27. The first-order chi connectivity index (χ1) is 11.3. The SMILES string of the molecule is C=CCN1CCN[C@H](Cc2ccc(-c3ccccc3)cc2)C1=O. The van der Waals surface area contributed by atoms with Crippen LogP contribution in [0, 0.1) is 0 Å². The Hall–Kier alpha value is -2.39. The number of carbonyl (C=O) groups excluding carboxylic acids is 1. The van der Waals surface area contributed by atoms with Gasteiger partial charge in [-0.25, -0.2) is 0 Å². The average molecular weight is 306 g/mol. The van der Waals surface area contributed by atoms with Crippen LogP contribution in [-0.4, -0.2) is 36.5 Å². The molecule has 1 fully saturated rings. The van der Waals surface area contributed by atoms with Crippen molar-refractivity contribution in [1.82, 2.24) is 10.2 Å². The average Bonchev–Trinajstić information content (AvgIpc) is 2.60. The van der Waals surface area contributed by atoms with Gasteiger partial charge in [0.1, 0.15) is 0 Å². The van der Waals surface area contributed by atoms with Gasteiger partial charge >= 0.3 is 0 Å². The maximum absolute atomic E-state index is 12.4. The summed E-state index contributed by atoms with van der Waals surface area (Å²) in [5.74, 6) is 0.170. The standard InChI is InChI=1S/C20H22N2O/c1-2-13-22-14-12-21-19(20(22)23)15-16-8-10-18(11-9-16)17-6-4-3-5-7-17/h2-11,19,21H,1,12-15H2/t19-/m1/s1. The minimum Gasteiger partial charge on any atom is -0.336 e. The molecule has 2 aromatic carbocycles. The lowest BCUT2D eigenvalue weighted by atomic mass is 9.99. The molecule has 0 aliphatic carbocycles. The van der Waals surface area contributed by atoms with Crippen LogP contribution in [0.4, 0.5) is 0 Å². The Bertz CT molecular complexity index is 664. The first kappa shape index (κ1) is 15.5. The van der Waals surface area contributed by atoms with Gasteiger partial charge in [0.25, 0.3) is 0 Å². The number of hydrogen-bond donors (Lipinski definition) is 1. The van der Waals surface area contributed by atoms with E-state index >= 15 is 0 Å². The molecule has 23 heavy (non-hydrogen) atoms. The third-order valence-electron chi connectivity index (χ3n) is 4.23. The van der Waals surface area contributed by atoms with E-state index in [-0.39, 0.29) is 11.9 Å². The van der Waals surface area contributed by atoms with Crippen molar-refractivity contribution in [1.29, 1.82) is 0 Å². The van der Waals surface area contributed by atoms with Gasteiger partial charge in [-0.15, -0.1) is 6.58 Å². The lowest BCUT2D eigenvalue weighted by Gasteiger charge is -2.32. The summed E-state index contributed by atoms with van der Waals surface area (Å²) in [5, 5.41) is 3.33. The van der Waals surface area contributed by atoms with Gasteiger partial charge in [0.15, 0.2) is 0 Å². The summed E-state index contributed by atoms with van der Waals surface area (Å²) in [5.41, 5.74) is 3.59. The number of carbonyl (C=O) groups is 1. The van der Waals surface area contributed by atoms with Gasteiger partial charge in [-0.1, -0.05) is 60.7 Å². The van der Waals surface area contributed by atoms with Crippen LogP contribution in [0.5, 0.6) is 0 Å². The van der Waals surface area contributed by atoms with E-state index in [0.29, 0.717) is 6.54 Å². The van der Waals surface area contributed by atoms with Crippen molar-refractivity contribution < 1.29 is 4.79 Å². The Morgan fingerprint density at radius 2 is 1.78 bits per heavy atom. The number of rotatable bonds is 5. The topological polar surface area (TPSA) is 32.3 Å². The zero-order valence-corrected chi connectivity index (χ0v) is 13.2. The van der Waals surface area contributed by atoms with Crippen molar-refractivity contribution in [2.45, 2.75) is 12.5 Å². The molecule has 1 aliphatic heterocycles. The van der Waals surface area contributed by atoms with E-state index in [1.165, 1.54) is 16.7 Å². The molecule has 0 bridgehead atoms. The largest absolute Gasteiger partial charge is 0.336 e. The molecule has 1 atom stereocenters. The van der Waals surface area contributed by atoms with Crippen LogP contribution in [-0.2, 0) is 11.2 Å². The summed E-state index contributed by atoms with van der Waals surface area (Å²) >= 11 is 0. The molecule has 2 aromatic rings. The second-order valence-corrected chi connectivity index (χ2v) is 5.85. The third-order valence-corrected chi connectivity index (χ3v) is 4.23. The smallest absolute Gasteiger partial charge is 0.240 e. The van der Waals surface area contributed by atoms with E-state index in [1.807, 2.05) is 23.1 Å². The summed E-state index contributed by atoms with van der Waals surface area (Å²) in [6, 6.07) is 18.7. The molecular formula is C20H22N2O. The fourth-order valence-corrected chi connectivity index (χ4v) is 2.99. The molecular weight excluding hydrogens is 284 g/mol. The molecule has 1 aliphatic rings. The molecule has 0 spiro atoms. The van der Waals surface area contributed by atoms with Crippen LogP contribution < -0.4 is 5.32 Å². The molecule has 1 saturated heterocycles. The summed E-state index contributed by atoms with van der Waals surface area (Å²) in [6.07, 6.45) is 2.51. The third kappa shape index (κ3) is 3.69. The van der Waals surface area contributed by atoms with Gasteiger partial charge < -0.3 is 10.2 Å². The zero-order chi connectivity index (χ0) is 16.1. The number of benzene rings is 2. The number of nitrogens with one attached hydrogen (secondary N) is 1. The summed E-state index contributed by atoms with van der Waals surface area (Å²) in [4.78, 5) is 14.3. The minimum absolute atomic E-state index is 0.133. The lowest BCUT2D eigenvalue weighted by Crippen LogP contribution is -2.55. The van der Waals surface area contributed by atoms with E-state index < -0.39 is 0 Å². The molecule has 0 aromatic heterocycles. The zero-order valence-electron chi connectivity index (χ0n) is 13.2. The minimum atomic E-state index is -0.133. The number of amides is 1. The molecule has 1 heterocycles. The number of nitrogens with zero attached hydrogens (tertiary/aromatic N) is 1. The Kier molecular flexibility index (Phi) is 4.89. The molecule has 1 N–H and O–H groups in total. The molecule has 0 unspecified atom stereocenters. The summed E-state index contributed by atoms with van der Waals surface area (Å²) in [7, 11) is 0. The normalized spacial score (nSPS) is 18.0. The van der Waals surface area contributed by atoms with Gasteiger partial charge in [-0.2, -0.15) is 0 Å². The Labute approximate surface area is 137 Å². The molecule has 0 radical (unpaired) electrons. The van der Waals surface area contributed by atoms with Crippen LogP contribution in [0.15, 0.2) is 67.3 Å². The Balaban J connectivity index is 1.68. The van der Waals surface area contributed by atoms with E-state index in [9.17, 15) is 4.79 Å². The van der Waals surface area contributed by atoms with Crippen molar-refractivity contribution in [2.24, 2.45) is 0 Å². The molecule has 3 rings (SSSR count). The summed E-state index contributed by atoms with van der Waals surface area (Å²) in [6.45, 7) is 5.95. The molecule has 1 amide bonds. The van der Waals surface area contributed by atoms with E-state index in [1.54, 1.807) is 6.08 Å². The van der Waals surface area contributed by atoms with Crippen LogP contribution >= 0.6 is 0 Å². The lowest BCUT2D eigenvalue weighted by molar-refractivity contribution is -0.135.